The molecule has 1 aliphatic carbocycles. The lowest BCUT2D eigenvalue weighted by Crippen LogP contribution is -2.43. The van der Waals surface area contributed by atoms with Crippen molar-refractivity contribution in [2.24, 2.45) is 17.8 Å². The highest BCUT2D eigenvalue weighted by Crippen LogP contribution is 2.49. The van der Waals surface area contributed by atoms with E-state index in [0.717, 1.165) is 89.9 Å². The number of methoxy groups -OCH3 is 1. The Kier molecular flexibility index (Phi) is 10.5. The summed E-state index contributed by atoms with van der Waals surface area (Å²) in [7, 11) is 5.37. The van der Waals surface area contributed by atoms with Crippen LogP contribution in [0.3, 0.4) is 0 Å². The maximum Gasteiger partial charge on any atom is 0.235 e. The Balaban J connectivity index is 0.000000189. The van der Waals surface area contributed by atoms with E-state index in [0.29, 0.717) is 23.6 Å². The van der Waals surface area contributed by atoms with E-state index in [1.54, 1.807) is 19.2 Å². The summed E-state index contributed by atoms with van der Waals surface area (Å²) in [5.74, 6) is 6.00. The van der Waals surface area contributed by atoms with E-state index in [9.17, 15) is 8.78 Å². The Bertz CT molecular complexity index is 2280. The number of benzene rings is 2. The van der Waals surface area contributed by atoms with Crippen LogP contribution in [0.5, 0.6) is 5.88 Å². The largest absolute Gasteiger partial charge is 0.480 e. The van der Waals surface area contributed by atoms with Gasteiger partial charge in [-0.25, -0.2) is 23.7 Å². The van der Waals surface area contributed by atoms with E-state index >= 15 is 0 Å². The average molecular weight is 810 g/mol. The first-order chi connectivity index (χ1) is 27.8. The number of hydrogen-bond acceptors (Lipinski definition) is 12. The van der Waals surface area contributed by atoms with Crippen LogP contribution in [0.15, 0.2) is 60.8 Å². The predicted molar refractivity (Wildman–Crippen MR) is 225 cm³/mol. The number of hydrogen-bond donors (Lipinski definition) is 2. The molecule has 2 unspecified atom stereocenters. The number of rotatable bonds is 8. The maximum atomic E-state index is 13.6. The first-order valence-electron chi connectivity index (χ1n) is 19.8. The van der Waals surface area contributed by atoms with Gasteiger partial charge in [-0.15, -0.1) is 5.10 Å². The average Bonchev–Trinajstić information content (AvgIpc) is 3.73. The minimum absolute atomic E-state index is 0.132. The van der Waals surface area contributed by atoms with Gasteiger partial charge in [0.1, 0.15) is 40.7 Å². The lowest BCUT2D eigenvalue weighted by atomic mass is 9.82. The summed E-state index contributed by atoms with van der Waals surface area (Å²) in [6, 6.07) is 15.1. The normalized spacial score (nSPS) is 20.9. The summed E-state index contributed by atoms with van der Waals surface area (Å²) in [4.78, 5) is 25.5. The third-order valence-corrected chi connectivity index (χ3v) is 12.3. The van der Waals surface area contributed by atoms with Gasteiger partial charge in [0.05, 0.1) is 19.0 Å². The van der Waals surface area contributed by atoms with Gasteiger partial charge in [0.15, 0.2) is 0 Å². The lowest BCUT2D eigenvalue weighted by Gasteiger charge is -2.39. The molecule has 0 spiro atoms. The molecule has 6 heterocycles. The predicted octanol–water partition coefficient (Wildman–Crippen LogP) is 8.33. The topological polar surface area (TPSA) is 120 Å². The Morgan fingerprint density at radius 2 is 1.26 bits per heavy atom. The van der Waals surface area contributed by atoms with Gasteiger partial charge in [-0.3, -0.25) is 0 Å². The second kappa shape index (κ2) is 15.4. The summed E-state index contributed by atoms with van der Waals surface area (Å²) in [5.41, 5.74) is 4.80. The third-order valence-electron chi connectivity index (χ3n) is 12.2. The van der Waals surface area contributed by atoms with Crippen LogP contribution in [0.2, 0.25) is 5.28 Å². The van der Waals surface area contributed by atoms with Crippen LogP contribution >= 0.6 is 11.6 Å². The zero-order chi connectivity index (χ0) is 40.9. The van der Waals surface area contributed by atoms with Crippen LogP contribution in [0.1, 0.15) is 57.5 Å². The number of nitrogens with one attached hydrogen (secondary N) is 2. The Labute approximate surface area is 343 Å². The molecule has 2 fully saturated rings. The van der Waals surface area contributed by atoms with Crippen LogP contribution in [0.25, 0.3) is 0 Å². The number of piperidine rings is 1. The minimum Gasteiger partial charge on any atom is -0.480 e. The van der Waals surface area contributed by atoms with Crippen molar-refractivity contribution < 1.29 is 13.5 Å². The first kappa shape index (κ1) is 39.5. The molecule has 2 bridgehead atoms. The van der Waals surface area contributed by atoms with Crippen LogP contribution in [-0.2, 0) is 17.3 Å². The standard InChI is InChI=1S/C28H34FN7O.C15H16ClFN4/c1-28(2)16-36(20-9-7-19(29)8-10-20)27-25(28)26(30-3)32-23(33-27)12-22-17-5-6-18(22)15-35(14-17)21-11-24(37-4)34-31-13-21;1-15(2)8-21(10-6-4-9(17)5-7-10)13-11(15)12(18-3)19-14(16)20-13/h7-11,13,17-18,22H,5-6,12,14-16H2,1-4H3,(H,30,32,33);4-7H,8H2,1-3H3,(H,18,19,20). The number of halogens is 3. The van der Waals surface area contributed by atoms with Gasteiger partial charge in [-0.05, 0) is 90.7 Å². The fraction of sp³-hybridized carbons (Fsp3) is 0.442. The van der Waals surface area contributed by atoms with Gasteiger partial charge in [0, 0.05) is 86.1 Å². The van der Waals surface area contributed by atoms with Crippen LogP contribution < -0.4 is 30.1 Å². The second-order valence-electron chi connectivity index (χ2n) is 16.9. The zero-order valence-corrected chi connectivity index (χ0v) is 34.8. The molecule has 2 aromatic carbocycles. The summed E-state index contributed by atoms with van der Waals surface area (Å²) >= 11 is 6.03. The van der Waals surface area contributed by atoms with Crippen molar-refractivity contribution in [3.63, 3.8) is 0 Å². The number of ether oxygens (including phenoxy) is 1. The third kappa shape index (κ3) is 7.42. The molecule has 5 aromatic rings. The SMILES string of the molecule is CNc1nc(CC2C3CCC2CN(c2cnnc(OC)c2)C3)nc2c1C(C)(C)CN2c1ccc(F)cc1.CNc1nc(Cl)nc2c1C(C)(C)CN2c1ccc(F)cc1. The van der Waals surface area contributed by atoms with Gasteiger partial charge in [0.2, 0.25) is 11.2 Å². The van der Waals surface area contributed by atoms with Gasteiger partial charge in [-0.2, -0.15) is 10.1 Å². The van der Waals surface area contributed by atoms with Crippen molar-refractivity contribution in [3.8, 4) is 5.88 Å². The van der Waals surface area contributed by atoms with Crippen molar-refractivity contribution in [2.75, 3.05) is 72.7 Å². The summed E-state index contributed by atoms with van der Waals surface area (Å²) in [5, 5.41) is 14.8. The van der Waals surface area contributed by atoms with E-state index in [1.165, 1.54) is 37.1 Å². The quantitative estimate of drug-likeness (QED) is 0.147. The molecule has 1 saturated carbocycles. The second-order valence-corrected chi connectivity index (χ2v) is 17.3. The Morgan fingerprint density at radius 3 is 1.78 bits per heavy atom. The number of nitrogens with zero attached hydrogens (tertiary/aromatic N) is 9. The molecule has 2 atom stereocenters. The van der Waals surface area contributed by atoms with E-state index in [-0.39, 0.29) is 27.7 Å². The molecule has 2 N–H and O–H groups in total. The van der Waals surface area contributed by atoms with Crippen LogP contribution in [0, 0.1) is 29.4 Å². The van der Waals surface area contributed by atoms with Gasteiger partial charge in [0.25, 0.3) is 0 Å². The smallest absolute Gasteiger partial charge is 0.235 e. The molecule has 304 valence electrons. The lowest BCUT2D eigenvalue weighted by molar-refractivity contribution is 0.265. The van der Waals surface area contributed by atoms with Crippen molar-refractivity contribution in [2.45, 2.75) is 57.8 Å². The summed E-state index contributed by atoms with van der Waals surface area (Å²) < 4.78 is 32.1. The molecule has 0 amide bonds. The molecular weight excluding hydrogens is 760 g/mol. The fourth-order valence-electron chi connectivity index (χ4n) is 9.47. The van der Waals surface area contributed by atoms with Crippen LogP contribution in [0.4, 0.5) is 49.1 Å². The monoisotopic (exact) mass is 809 g/mol. The minimum atomic E-state index is -0.255. The molecule has 12 nitrogen and oxygen atoms in total. The fourth-order valence-corrected chi connectivity index (χ4v) is 9.64. The highest BCUT2D eigenvalue weighted by atomic mass is 35.5. The van der Waals surface area contributed by atoms with Crippen molar-refractivity contribution in [1.82, 2.24) is 30.1 Å². The zero-order valence-electron chi connectivity index (χ0n) is 34.0. The van der Waals surface area contributed by atoms with E-state index in [1.807, 2.05) is 43.4 Å². The molecule has 1 saturated heterocycles. The van der Waals surface area contributed by atoms with Gasteiger partial charge >= 0.3 is 0 Å². The summed E-state index contributed by atoms with van der Waals surface area (Å²) in [6.45, 7) is 12.2. The Hall–Kier alpha value is -5.37. The molecule has 9 rings (SSSR count). The van der Waals surface area contributed by atoms with Gasteiger partial charge < -0.3 is 30.1 Å². The van der Waals surface area contributed by atoms with Crippen molar-refractivity contribution >= 4 is 51.9 Å². The number of fused-ring (bicyclic) bond motifs is 4. The molecular formula is C43H50ClF2N11O. The Morgan fingerprint density at radius 1 is 0.741 bits per heavy atom. The first-order valence-corrected chi connectivity index (χ1v) is 20.2. The molecule has 0 radical (unpaired) electrons. The summed E-state index contributed by atoms with van der Waals surface area (Å²) in [6.07, 6.45) is 5.14. The molecule has 3 aromatic heterocycles. The van der Waals surface area contributed by atoms with Crippen molar-refractivity contribution in [1.29, 1.82) is 0 Å². The maximum absolute atomic E-state index is 13.6. The molecule has 4 aliphatic rings. The number of anilines is 7. The van der Waals surface area contributed by atoms with E-state index < -0.39 is 0 Å². The highest BCUT2D eigenvalue weighted by molar-refractivity contribution is 6.28. The van der Waals surface area contributed by atoms with E-state index in [4.69, 9.17) is 26.3 Å². The van der Waals surface area contributed by atoms with Crippen LogP contribution in [-0.4, -0.2) is 77.5 Å². The molecule has 3 aliphatic heterocycles. The number of aromatic nitrogens is 6. The molecule has 15 heteroatoms. The highest BCUT2D eigenvalue weighted by Gasteiger charge is 2.45. The molecule has 58 heavy (non-hydrogen) atoms. The van der Waals surface area contributed by atoms with E-state index in [2.05, 4.69) is 68.3 Å². The van der Waals surface area contributed by atoms with Gasteiger partial charge in [-0.1, -0.05) is 27.7 Å². The van der Waals surface area contributed by atoms with Crippen molar-refractivity contribution in [3.05, 3.63) is 94.7 Å².